The first kappa shape index (κ1) is 14.1. The van der Waals surface area contributed by atoms with E-state index in [2.05, 4.69) is 41.2 Å². The molecule has 2 nitrogen and oxygen atoms in total. The Hall–Kier alpha value is -1.01. The van der Waals surface area contributed by atoms with Gasteiger partial charge in [0.05, 0.1) is 11.3 Å². The van der Waals surface area contributed by atoms with E-state index in [1.807, 2.05) is 18.2 Å². The van der Waals surface area contributed by atoms with Gasteiger partial charge in [-0.3, -0.25) is 0 Å². The Morgan fingerprint density at radius 3 is 2.47 bits per heavy atom. The second kappa shape index (κ2) is 7.34. The van der Waals surface area contributed by atoms with Crippen molar-refractivity contribution >= 4 is 21.6 Å². The highest BCUT2D eigenvalue weighted by atomic mass is 79.9. The lowest BCUT2D eigenvalue weighted by molar-refractivity contribution is 0.586. The molecule has 92 valence electrons. The highest BCUT2D eigenvalue weighted by Crippen LogP contribution is 2.22. The first-order valence-corrected chi connectivity index (χ1v) is 6.96. The third-order valence-corrected chi connectivity index (χ3v) is 3.23. The summed E-state index contributed by atoms with van der Waals surface area (Å²) in [4.78, 5) is 0. The summed E-state index contributed by atoms with van der Waals surface area (Å²) in [6.45, 7) is 4.38. The van der Waals surface area contributed by atoms with Gasteiger partial charge in [-0.05, 0) is 31.0 Å². The molecule has 0 saturated heterocycles. The van der Waals surface area contributed by atoms with Gasteiger partial charge >= 0.3 is 0 Å². The minimum atomic E-state index is 0.471. The van der Waals surface area contributed by atoms with Crippen LogP contribution in [-0.2, 0) is 0 Å². The van der Waals surface area contributed by atoms with E-state index in [9.17, 15) is 0 Å². The van der Waals surface area contributed by atoms with Gasteiger partial charge in [-0.15, -0.1) is 0 Å². The van der Waals surface area contributed by atoms with Gasteiger partial charge < -0.3 is 5.32 Å². The maximum absolute atomic E-state index is 9.10. The van der Waals surface area contributed by atoms with Crippen LogP contribution >= 0.6 is 15.9 Å². The molecular weight excluding hydrogens is 276 g/mol. The average molecular weight is 295 g/mol. The molecule has 1 aromatic rings. The zero-order chi connectivity index (χ0) is 12.7. The molecule has 0 aliphatic rings. The Balaban J connectivity index is 2.81. The molecule has 17 heavy (non-hydrogen) atoms. The third-order valence-electron chi connectivity index (χ3n) is 2.74. The van der Waals surface area contributed by atoms with Crippen LogP contribution in [0.1, 0.15) is 45.1 Å². The van der Waals surface area contributed by atoms with Crippen LogP contribution in [0.5, 0.6) is 0 Å². The lowest BCUT2D eigenvalue weighted by Gasteiger charge is -2.19. The van der Waals surface area contributed by atoms with Crippen molar-refractivity contribution < 1.29 is 0 Å². The zero-order valence-electron chi connectivity index (χ0n) is 10.5. The molecule has 1 aromatic carbocycles. The molecule has 0 heterocycles. The summed E-state index contributed by atoms with van der Waals surface area (Å²) < 4.78 is 0.946. The van der Waals surface area contributed by atoms with Crippen LogP contribution in [0.3, 0.4) is 0 Å². The minimum Gasteiger partial charge on any atom is -0.381 e. The van der Waals surface area contributed by atoms with Crippen molar-refractivity contribution in [3.63, 3.8) is 0 Å². The molecule has 0 aliphatic heterocycles. The van der Waals surface area contributed by atoms with Crippen LogP contribution in [0.25, 0.3) is 0 Å². The molecule has 0 aromatic heterocycles. The first-order valence-electron chi connectivity index (χ1n) is 6.17. The lowest BCUT2D eigenvalue weighted by Crippen LogP contribution is -2.19. The average Bonchev–Trinajstić information content (AvgIpc) is 2.32. The monoisotopic (exact) mass is 294 g/mol. The Kier molecular flexibility index (Phi) is 6.07. The molecule has 3 heteroatoms. The van der Waals surface area contributed by atoms with Gasteiger partial charge in [0.1, 0.15) is 6.07 Å². The highest BCUT2D eigenvalue weighted by Gasteiger charge is 2.09. The van der Waals surface area contributed by atoms with Crippen molar-refractivity contribution in [3.05, 3.63) is 28.2 Å². The van der Waals surface area contributed by atoms with E-state index in [0.29, 0.717) is 11.6 Å². The Labute approximate surface area is 112 Å². The van der Waals surface area contributed by atoms with E-state index in [0.717, 1.165) is 35.8 Å². The summed E-state index contributed by atoms with van der Waals surface area (Å²) in [5, 5.41) is 12.6. The van der Waals surface area contributed by atoms with Crippen molar-refractivity contribution in [2.75, 3.05) is 5.32 Å². The maximum Gasteiger partial charge on any atom is 0.101 e. The number of nitrogens with one attached hydrogen (secondary N) is 1. The highest BCUT2D eigenvalue weighted by molar-refractivity contribution is 9.10. The van der Waals surface area contributed by atoms with Crippen molar-refractivity contribution in [2.45, 2.75) is 45.6 Å². The predicted octanol–water partition coefficient (Wildman–Crippen LogP) is 4.70. The van der Waals surface area contributed by atoms with Gasteiger partial charge in [-0.2, -0.15) is 5.26 Å². The molecule has 1 rings (SSSR count). The van der Waals surface area contributed by atoms with Crippen LogP contribution in [-0.4, -0.2) is 6.04 Å². The standard InChI is InChI=1S/C14H19BrN2/c1-3-5-13(6-4-2)17-14-8-7-12(15)9-11(14)10-16/h7-9,13,17H,3-6H2,1-2H3. The Morgan fingerprint density at radius 2 is 1.94 bits per heavy atom. The number of halogens is 1. The number of benzene rings is 1. The lowest BCUT2D eigenvalue weighted by atomic mass is 10.1. The summed E-state index contributed by atoms with van der Waals surface area (Å²) in [6.07, 6.45) is 4.62. The SMILES string of the molecule is CCCC(CCC)Nc1ccc(Br)cc1C#N. The number of hydrogen-bond acceptors (Lipinski definition) is 2. The second-order valence-electron chi connectivity index (χ2n) is 4.22. The molecule has 0 unspecified atom stereocenters. The number of rotatable bonds is 6. The van der Waals surface area contributed by atoms with Crippen molar-refractivity contribution in [2.24, 2.45) is 0 Å². The summed E-state index contributed by atoms with van der Waals surface area (Å²) in [6, 6.07) is 8.51. The fourth-order valence-electron chi connectivity index (χ4n) is 1.94. The molecule has 0 saturated carbocycles. The van der Waals surface area contributed by atoms with E-state index >= 15 is 0 Å². The van der Waals surface area contributed by atoms with E-state index < -0.39 is 0 Å². The van der Waals surface area contributed by atoms with E-state index in [1.54, 1.807) is 0 Å². The molecule has 0 spiro atoms. The molecular formula is C14H19BrN2. The van der Waals surface area contributed by atoms with Gasteiger partial charge in [-0.25, -0.2) is 0 Å². The van der Waals surface area contributed by atoms with Crippen LogP contribution in [0.4, 0.5) is 5.69 Å². The third kappa shape index (κ3) is 4.40. The number of anilines is 1. The van der Waals surface area contributed by atoms with E-state index in [-0.39, 0.29) is 0 Å². The van der Waals surface area contributed by atoms with Gasteiger partial charge in [0.25, 0.3) is 0 Å². The van der Waals surface area contributed by atoms with Gasteiger partial charge in [0.2, 0.25) is 0 Å². The zero-order valence-corrected chi connectivity index (χ0v) is 12.0. The maximum atomic E-state index is 9.10. The molecule has 0 bridgehead atoms. The topological polar surface area (TPSA) is 35.8 Å². The fraction of sp³-hybridized carbons (Fsp3) is 0.500. The predicted molar refractivity (Wildman–Crippen MR) is 76.1 cm³/mol. The van der Waals surface area contributed by atoms with Gasteiger partial charge in [0, 0.05) is 10.5 Å². The molecule has 0 amide bonds. The van der Waals surface area contributed by atoms with Crippen LogP contribution in [0, 0.1) is 11.3 Å². The van der Waals surface area contributed by atoms with Crippen LogP contribution < -0.4 is 5.32 Å². The number of hydrogen-bond donors (Lipinski definition) is 1. The van der Waals surface area contributed by atoms with Gasteiger partial charge in [0.15, 0.2) is 0 Å². The summed E-state index contributed by atoms with van der Waals surface area (Å²) in [7, 11) is 0. The fourth-order valence-corrected chi connectivity index (χ4v) is 2.30. The summed E-state index contributed by atoms with van der Waals surface area (Å²) >= 11 is 3.39. The molecule has 0 atom stereocenters. The van der Waals surface area contributed by atoms with Crippen LogP contribution in [0.2, 0.25) is 0 Å². The van der Waals surface area contributed by atoms with Crippen molar-refractivity contribution in [3.8, 4) is 6.07 Å². The normalized spacial score (nSPS) is 10.3. The second-order valence-corrected chi connectivity index (χ2v) is 5.14. The van der Waals surface area contributed by atoms with E-state index in [4.69, 9.17) is 5.26 Å². The van der Waals surface area contributed by atoms with Crippen molar-refractivity contribution in [1.82, 2.24) is 0 Å². The largest absolute Gasteiger partial charge is 0.381 e. The molecule has 1 N–H and O–H groups in total. The number of nitriles is 1. The Bertz CT molecular complexity index is 390. The minimum absolute atomic E-state index is 0.471. The van der Waals surface area contributed by atoms with Crippen LogP contribution in [0.15, 0.2) is 22.7 Å². The van der Waals surface area contributed by atoms with Crippen molar-refractivity contribution in [1.29, 1.82) is 5.26 Å². The summed E-state index contributed by atoms with van der Waals surface area (Å²) in [5.41, 5.74) is 1.65. The first-order chi connectivity index (χ1) is 8.21. The molecule has 0 aliphatic carbocycles. The Morgan fingerprint density at radius 1 is 1.29 bits per heavy atom. The molecule has 0 radical (unpaired) electrons. The van der Waals surface area contributed by atoms with Gasteiger partial charge in [-0.1, -0.05) is 42.6 Å². The summed E-state index contributed by atoms with van der Waals surface area (Å²) in [5.74, 6) is 0. The number of nitrogens with zero attached hydrogens (tertiary/aromatic N) is 1. The quantitative estimate of drug-likeness (QED) is 0.825. The smallest absolute Gasteiger partial charge is 0.101 e. The van der Waals surface area contributed by atoms with E-state index in [1.165, 1.54) is 0 Å². The molecule has 0 fully saturated rings.